The Hall–Kier alpha value is -1.58. The van der Waals surface area contributed by atoms with Crippen LogP contribution in [-0.4, -0.2) is 18.2 Å². The van der Waals surface area contributed by atoms with Gasteiger partial charge in [-0.1, -0.05) is 18.9 Å². The number of hydrogen-bond donors (Lipinski definition) is 1. The number of carboxylic acids is 1. The van der Waals surface area contributed by atoms with E-state index in [2.05, 4.69) is 0 Å². The van der Waals surface area contributed by atoms with E-state index in [1.807, 2.05) is 0 Å². The van der Waals surface area contributed by atoms with Crippen LogP contribution in [0.4, 0.5) is 4.39 Å². The molecule has 0 atom stereocenters. The van der Waals surface area contributed by atoms with Crippen LogP contribution in [-0.2, 0) is 15.9 Å². The first kappa shape index (κ1) is 14.8. The van der Waals surface area contributed by atoms with E-state index in [4.69, 9.17) is 4.74 Å². The zero-order valence-corrected chi connectivity index (χ0v) is 12.2. The van der Waals surface area contributed by atoms with Crippen molar-refractivity contribution in [3.63, 3.8) is 0 Å². The largest absolute Gasteiger partial charge is 0.496 e. The van der Waals surface area contributed by atoms with Gasteiger partial charge in [-0.3, -0.25) is 4.79 Å². The summed E-state index contributed by atoms with van der Waals surface area (Å²) in [7, 11) is 1.52. The topological polar surface area (TPSA) is 46.5 Å². The second-order valence-corrected chi connectivity index (χ2v) is 5.98. The molecule has 1 fully saturated rings. The van der Waals surface area contributed by atoms with Crippen molar-refractivity contribution in [2.24, 2.45) is 0 Å². The fourth-order valence-electron chi connectivity index (χ4n) is 3.03. The van der Waals surface area contributed by atoms with Gasteiger partial charge in [0.1, 0.15) is 11.4 Å². The molecule has 4 heteroatoms. The Bertz CT molecular complexity index is 511. The van der Waals surface area contributed by atoms with Gasteiger partial charge in [-0.05, 0) is 44.4 Å². The van der Waals surface area contributed by atoms with Crippen LogP contribution < -0.4 is 4.74 Å². The first-order valence-corrected chi connectivity index (χ1v) is 6.92. The predicted molar refractivity (Wildman–Crippen MR) is 74.9 cm³/mol. The maximum Gasteiger partial charge on any atom is 0.314 e. The molecule has 1 aliphatic rings. The molecule has 1 aromatic carbocycles. The Morgan fingerprint density at radius 3 is 2.40 bits per heavy atom. The minimum Gasteiger partial charge on any atom is -0.496 e. The van der Waals surface area contributed by atoms with Crippen LogP contribution in [0.5, 0.6) is 5.75 Å². The third kappa shape index (κ3) is 2.39. The van der Waals surface area contributed by atoms with Gasteiger partial charge in [0.25, 0.3) is 0 Å². The Labute approximate surface area is 118 Å². The van der Waals surface area contributed by atoms with Crippen LogP contribution in [0.1, 0.15) is 50.7 Å². The minimum atomic E-state index is -1.50. The Balaban J connectivity index is 2.61. The van der Waals surface area contributed by atoms with Crippen LogP contribution in [0.2, 0.25) is 0 Å². The van der Waals surface area contributed by atoms with Gasteiger partial charge in [-0.15, -0.1) is 0 Å². The molecule has 1 N–H and O–H groups in total. The molecule has 0 spiro atoms. The van der Waals surface area contributed by atoms with Gasteiger partial charge < -0.3 is 9.84 Å². The standard InChI is InChI=1S/C16H21FO3/c1-15(2,17)11-6-7-13(20-3)12(10-11)16(14(18)19)8-4-5-9-16/h6-7,10H,4-5,8-9H2,1-3H3,(H,18,19). The highest BCUT2D eigenvalue weighted by Gasteiger charge is 2.45. The molecule has 0 unspecified atom stereocenters. The highest BCUT2D eigenvalue weighted by atomic mass is 19.1. The molecular weight excluding hydrogens is 259 g/mol. The lowest BCUT2D eigenvalue weighted by molar-refractivity contribution is -0.143. The molecule has 0 aliphatic heterocycles. The van der Waals surface area contributed by atoms with Crippen molar-refractivity contribution < 1.29 is 19.0 Å². The van der Waals surface area contributed by atoms with E-state index in [0.717, 1.165) is 12.8 Å². The smallest absolute Gasteiger partial charge is 0.314 e. The van der Waals surface area contributed by atoms with E-state index in [0.29, 0.717) is 29.7 Å². The zero-order chi connectivity index (χ0) is 15.0. The maximum absolute atomic E-state index is 14.2. The summed E-state index contributed by atoms with van der Waals surface area (Å²) >= 11 is 0. The number of aliphatic carboxylic acids is 1. The van der Waals surface area contributed by atoms with Crippen molar-refractivity contribution >= 4 is 5.97 Å². The number of alkyl halides is 1. The van der Waals surface area contributed by atoms with Crippen LogP contribution in [0, 0.1) is 0 Å². The summed E-state index contributed by atoms with van der Waals surface area (Å²) < 4.78 is 19.5. The zero-order valence-electron chi connectivity index (χ0n) is 12.2. The number of carboxylic acid groups (broad SMARTS) is 1. The normalized spacial score (nSPS) is 18.0. The lowest BCUT2D eigenvalue weighted by Gasteiger charge is -2.28. The number of hydrogen-bond acceptors (Lipinski definition) is 2. The summed E-state index contributed by atoms with van der Waals surface area (Å²) in [4.78, 5) is 11.8. The Morgan fingerprint density at radius 1 is 1.35 bits per heavy atom. The van der Waals surface area contributed by atoms with Gasteiger partial charge in [-0.25, -0.2) is 4.39 Å². The molecule has 110 valence electrons. The molecule has 0 amide bonds. The summed E-state index contributed by atoms with van der Waals surface area (Å²) in [5, 5.41) is 9.68. The van der Waals surface area contributed by atoms with E-state index in [1.54, 1.807) is 18.2 Å². The molecule has 1 saturated carbocycles. The minimum absolute atomic E-state index is 0.487. The first-order valence-electron chi connectivity index (χ1n) is 6.92. The van der Waals surface area contributed by atoms with Crippen molar-refractivity contribution in [2.75, 3.05) is 7.11 Å². The van der Waals surface area contributed by atoms with Crippen LogP contribution in [0.25, 0.3) is 0 Å². The van der Waals surface area contributed by atoms with Gasteiger partial charge in [-0.2, -0.15) is 0 Å². The Kier molecular flexibility index (Phi) is 3.76. The van der Waals surface area contributed by atoms with Crippen molar-refractivity contribution in [3.05, 3.63) is 29.3 Å². The van der Waals surface area contributed by atoms with Gasteiger partial charge in [0, 0.05) is 5.56 Å². The third-order valence-electron chi connectivity index (χ3n) is 4.27. The number of ether oxygens (including phenoxy) is 1. The molecule has 20 heavy (non-hydrogen) atoms. The van der Waals surface area contributed by atoms with Crippen molar-refractivity contribution in [1.29, 1.82) is 0 Å². The average Bonchev–Trinajstić information content (AvgIpc) is 2.87. The predicted octanol–water partition coefficient (Wildman–Crippen LogP) is 3.80. The number of methoxy groups -OCH3 is 1. The second-order valence-electron chi connectivity index (χ2n) is 5.98. The number of benzene rings is 1. The molecule has 1 aromatic rings. The number of carbonyl (C=O) groups is 1. The van der Waals surface area contributed by atoms with Crippen LogP contribution in [0.15, 0.2) is 18.2 Å². The van der Waals surface area contributed by atoms with Crippen LogP contribution >= 0.6 is 0 Å². The molecule has 0 heterocycles. The lowest BCUT2D eigenvalue weighted by atomic mass is 9.77. The third-order valence-corrected chi connectivity index (χ3v) is 4.27. The quantitative estimate of drug-likeness (QED) is 0.912. The van der Waals surface area contributed by atoms with Crippen LogP contribution in [0.3, 0.4) is 0 Å². The van der Waals surface area contributed by atoms with Gasteiger partial charge in [0.15, 0.2) is 0 Å². The molecule has 1 aliphatic carbocycles. The molecule has 0 saturated heterocycles. The first-order chi connectivity index (χ1) is 9.31. The van der Waals surface area contributed by atoms with Gasteiger partial charge >= 0.3 is 5.97 Å². The highest BCUT2D eigenvalue weighted by Crippen LogP contribution is 2.46. The summed E-state index contributed by atoms with van der Waals surface area (Å²) in [6, 6.07) is 5.00. The fourth-order valence-corrected chi connectivity index (χ4v) is 3.03. The number of halogens is 1. The van der Waals surface area contributed by atoms with E-state index in [9.17, 15) is 14.3 Å². The molecule has 2 rings (SSSR count). The van der Waals surface area contributed by atoms with Crippen molar-refractivity contribution in [1.82, 2.24) is 0 Å². The van der Waals surface area contributed by atoms with Crippen molar-refractivity contribution in [3.8, 4) is 5.75 Å². The SMILES string of the molecule is COc1ccc(C(C)(C)F)cc1C1(C(=O)O)CCCC1. The monoisotopic (exact) mass is 280 g/mol. The Morgan fingerprint density at radius 2 is 1.95 bits per heavy atom. The average molecular weight is 280 g/mol. The fraction of sp³-hybridized carbons (Fsp3) is 0.562. The highest BCUT2D eigenvalue weighted by molar-refractivity contribution is 5.83. The molecule has 0 aromatic heterocycles. The molecule has 0 radical (unpaired) electrons. The second kappa shape index (κ2) is 5.08. The van der Waals surface area contributed by atoms with Gasteiger partial charge in [0.2, 0.25) is 0 Å². The molecule has 3 nitrogen and oxygen atoms in total. The van der Waals surface area contributed by atoms with E-state index in [-0.39, 0.29) is 0 Å². The van der Waals surface area contributed by atoms with E-state index >= 15 is 0 Å². The molecule has 0 bridgehead atoms. The molecular formula is C16H21FO3. The summed E-state index contributed by atoms with van der Waals surface area (Å²) in [6.45, 7) is 2.95. The summed E-state index contributed by atoms with van der Waals surface area (Å²) in [5.74, 6) is -0.315. The van der Waals surface area contributed by atoms with Crippen molar-refractivity contribution in [2.45, 2.75) is 50.6 Å². The van der Waals surface area contributed by atoms with E-state index in [1.165, 1.54) is 21.0 Å². The number of rotatable bonds is 4. The lowest BCUT2D eigenvalue weighted by Crippen LogP contribution is -2.33. The summed E-state index contributed by atoms with van der Waals surface area (Å²) in [6.07, 6.45) is 2.90. The van der Waals surface area contributed by atoms with Gasteiger partial charge in [0.05, 0.1) is 12.5 Å². The van der Waals surface area contributed by atoms with E-state index < -0.39 is 17.1 Å². The summed E-state index contributed by atoms with van der Waals surface area (Å²) in [5.41, 5.74) is -1.35. The maximum atomic E-state index is 14.2.